The normalized spacial score (nSPS) is 25.3. The molecule has 1 fully saturated rings. The molecule has 0 bridgehead atoms. The largest absolute Gasteiger partial charge is 0.363 e. The molecule has 0 spiro atoms. The quantitative estimate of drug-likeness (QED) is 0.720. The van der Waals surface area contributed by atoms with Gasteiger partial charge in [-0.05, 0) is 12.3 Å². The monoisotopic (exact) mass is 181 g/mol. The highest BCUT2D eigenvalue weighted by atomic mass is 16.5. The first kappa shape index (κ1) is 8.10. The summed E-state index contributed by atoms with van der Waals surface area (Å²) in [7, 11) is 0. The maximum atomic E-state index is 11.2. The van der Waals surface area contributed by atoms with E-state index in [1.807, 2.05) is 0 Å². The highest BCUT2D eigenvalue weighted by Crippen LogP contribution is 2.28. The summed E-state index contributed by atoms with van der Waals surface area (Å²) in [5.74, 6) is 1.04. The predicted octanol–water partition coefficient (Wildman–Crippen LogP) is 1.20. The number of aromatic nitrogens is 1. The number of hydrogen-bond acceptors (Lipinski definition) is 3. The number of urea groups is 1. The lowest BCUT2D eigenvalue weighted by Gasteiger charge is -2.02. The second-order valence-electron chi connectivity index (χ2n) is 3.30. The third-order valence-electron chi connectivity index (χ3n) is 2.11. The third kappa shape index (κ3) is 1.99. The summed E-state index contributed by atoms with van der Waals surface area (Å²) in [4.78, 5) is 11.2. The lowest BCUT2D eigenvalue weighted by molar-refractivity contribution is 0.251. The molecule has 0 aromatic carbocycles. The molecule has 5 heteroatoms. The van der Waals surface area contributed by atoms with Crippen LogP contribution in [0.5, 0.6) is 0 Å². The van der Waals surface area contributed by atoms with Gasteiger partial charge in [-0.2, -0.15) is 0 Å². The maximum Gasteiger partial charge on any atom is 0.320 e. The highest BCUT2D eigenvalue weighted by Gasteiger charge is 2.33. The molecular formula is C8H11N3O2. The molecule has 1 aliphatic rings. The van der Waals surface area contributed by atoms with Crippen molar-refractivity contribution in [3.8, 4) is 0 Å². The van der Waals surface area contributed by atoms with Crippen LogP contribution in [0, 0.1) is 5.92 Å². The molecular weight excluding hydrogens is 170 g/mol. The molecule has 2 unspecified atom stereocenters. The third-order valence-corrected chi connectivity index (χ3v) is 2.11. The fraction of sp³-hybridized carbons (Fsp3) is 0.500. The molecule has 1 aliphatic carbocycles. The van der Waals surface area contributed by atoms with Gasteiger partial charge in [0.15, 0.2) is 5.82 Å². The molecule has 0 saturated heterocycles. The zero-order valence-corrected chi connectivity index (χ0v) is 7.28. The van der Waals surface area contributed by atoms with Gasteiger partial charge in [-0.3, -0.25) is 5.32 Å². The van der Waals surface area contributed by atoms with Crippen LogP contribution < -0.4 is 10.6 Å². The molecule has 1 aromatic heterocycles. The van der Waals surface area contributed by atoms with Gasteiger partial charge in [0.05, 0.1) is 0 Å². The Balaban J connectivity index is 1.79. The standard InChI is InChI=1S/C8H11N3O2/c1-5-4-6(5)9-8(12)10-7-2-3-13-11-7/h2-3,5-6H,4H2,1H3,(H2,9,10,11,12). The summed E-state index contributed by atoms with van der Waals surface area (Å²) < 4.78 is 4.56. The molecule has 0 radical (unpaired) electrons. The van der Waals surface area contributed by atoms with Crippen molar-refractivity contribution in [3.63, 3.8) is 0 Å². The topological polar surface area (TPSA) is 67.2 Å². The minimum Gasteiger partial charge on any atom is -0.363 e. The van der Waals surface area contributed by atoms with Crippen LogP contribution in [0.25, 0.3) is 0 Å². The van der Waals surface area contributed by atoms with E-state index < -0.39 is 0 Å². The summed E-state index contributed by atoms with van der Waals surface area (Å²) in [6.07, 6.45) is 2.47. The SMILES string of the molecule is CC1CC1NC(=O)Nc1ccon1. The molecule has 2 amide bonds. The lowest BCUT2D eigenvalue weighted by Crippen LogP contribution is -2.31. The van der Waals surface area contributed by atoms with Gasteiger partial charge in [0.1, 0.15) is 6.26 Å². The molecule has 2 rings (SSSR count). The number of nitrogens with one attached hydrogen (secondary N) is 2. The zero-order valence-electron chi connectivity index (χ0n) is 7.28. The lowest BCUT2D eigenvalue weighted by atomic mass is 10.5. The van der Waals surface area contributed by atoms with E-state index in [1.165, 1.54) is 6.26 Å². The van der Waals surface area contributed by atoms with Crippen molar-refractivity contribution in [2.45, 2.75) is 19.4 Å². The maximum absolute atomic E-state index is 11.2. The van der Waals surface area contributed by atoms with Crippen molar-refractivity contribution < 1.29 is 9.32 Å². The first-order valence-corrected chi connectivity index (χ1v) is 4.23. The number of nitrogens with zero attached hydrogens (tertiary/aromatic N) is 1. The first-order valence-electron chi connectivity index (χ1n) is 4.23. The van der Waals surface area contributed by atoms with Crippen LogP contribution in [0.3, 0.4) is 0 Å². The minimum absolute atomic E-state index is 0.219. The van der Waals surface area contributed by atoms with Gasteiger partial charge in [0.2, 0.25) is 0 Å². The van der Waals surface area contributed by atoms with Crippen LogP contribution >= 0.6 is 0 Å². The molecule has 2 atom stereocenters. The molecule has 5 nitrogen and oxygen atoms in total. The Morgan fingerprint density at radius 2 is 2.54 bits per heavy atom. The number of hydrogen-bond donors (Lipinski definition) is 2. The van der Waals surface area contributed by atoms with E-state index in [2.05, 4.69) is 27.2 Å². The fourth-order valence-corrected chi connectivity index (χ4v) is 1.12. The number of carbonyl (C=O) groups excluding carboxylic acids is 1. The molecule has 1 heterocycles. The van der Waals surface area contributed by atoms with Gasteiger partial charge >= 0.3 is 6.03 Å². The van der Waals surface area contributed by atoms with Crippen molar-refractivity contribution in [1.82, 2.24) is 10.5 Å². The first-order chi connectivity index (χ1) is 6.25. The Morgan fingerprint density at radius 3 is 3.08 bits per heavy atom. The van der Waals surface area contributed by atoms with Crippen LogP contribution in [0.4, 0.5) is 10.6 Å². The van der Waals surface area contributed by atoms with Crippen molar-refractivity contribution in [1.29, 1.82) is 0 Å². The molecule has 13 heavy (non-hydrogen) atoms. The summed E-state index contributed by atoms with van der Waals surface area (Å²) in [6, 6.07) is 1.70. The van der Waals surface area contributed by atoms with E-state index in [-0.39, 0.29) is 6.03 Å². The molecule has 70 valence electrons. The van der Waals surface area contributed by atoms with E-state index in [4.69, 9.17) is 0 Å². The van der Waals surface area contributed by atoms with Crippen molar-refractivity contribution in [2.24, 2.45) is 5.92 Å². The number of rotatable bonds is 2. The van der Waals surface area contributed by atoms with Crippen LogP contribution in [-0.4, -0.2) is 17.2 Å². The molecule has 2 N–H and O–H groups in total. The summed E-state index contributed by atoms with van der Waals surface area (Å²) in [5, 5.41) is 8.93. The molecule has 0 aliphatic heterocycles. The number of anilines is 1. The van der Waals surface area contributed by atoms with Gasteiger partial charge in [-0.15, -0.1) is 0 Å². The van der Waals surface area contributed by atoms with Gasteiger partial charge in [-0.1, -0.05) is 12.1 Å². The van der Waals surface area contributed by atoms with E-state index in [0.717, 1.165) is 6.42 Å². The smallest absolute Gasteiger partial charge is 0.320 e. The van der Waals surface area contributed by atoms with Crippen LogP contribution in [0.1, 0.15) is 13.3 Å². The fourth-order valence-electron chi connectivity index (χ4n) is 1.12. The second kappa shape index (κ2) is 3.08. The minimum atomic E-state index is -0.219. The summed E-state index contributed by atoms with van der Waals surface area (Å²) in [5.41, 5.74) is 0. The molecule has 1 aromatic rings. The van der Waals surface area contributed by atoms with E-state index in [9.17, 15) is 4.79 Å². The van der Waals surface area contributed by atoms with Gasteiger partial charge < -0.3 is 9.84 Å². The van der Waals surface area contributed by atoms with E-state index in [0.29, 0.717) is 17.8 Å². The van der Waals surface area contributed by atoms with Gasteiger partial charge in [0.25, 0.3) is 0 Å². The van der Waals surface area contributed by atoms with Crippen LogP contribution in [0.2, 0.25) is 0 Å². The Hall–Kier alpha value is -1.52. The highest BCUT2D eigenvalue weighted by molar-refractivity contribution is 5.88. The Morgan fingerprint density at radius 1 is 1.77 bits per heavy atom. The Bertz CT molecular complexity index is 296. The van der Waals surface area contributed by atoms with Gasteiger partial charge in [0, 0.05) is 12.1 Å². The van der Waals surface area contributed by atoms with Crippen LogP contribution in [0.15, 0.2) is 16.9 Å². The second-order valence-corrected chi connectivity index (χ2v) is 3.30. The average Bonchev–Trinajstić information content (AvgIpc) is 2.61. The van der Waals surface area contributed by atoms with Crippen molar-refractivity contribution in [2.75, 3.05) is 5.32 Å². The Labute approximate surface area is 75.5 Å². The Kier molecular flexibility index (Phi) is 1.92. The average molecular weight is 181 g/mol. The predicted molar refractivity (Wildman–Crippen MR) is 46.2 cm³/mol. The van der Waals surface area contributed by atoms with Crippen LogP contribution in [-0.2, 0) is 0 Å². The summed E-state index contributed by atoms with van der Waals surface area (Å²) in [6.45, 7) is 2.10. The van der Waals surface area contributed by atoms with Gasteiger partial charge in [-0.25, -0.2) is 4.79 Å². The number of carbonyl (C=O) groups is 1. The number of amides is 2. The zero-order chi connectivity index (χ0) is 9.26. The molecule has 1 saturated carbocycles. The summed E-state index contributed by atoms with van der Waals surface area (Å²) >= 11 is 0. The van der Waals surface area contributed by atoms with E-state index in [1.54, 1.807) is 6.07 Å². The van der Waals surface area contributed by atoms with E-state index >= 15 is 0 Å². The van der Waals surface area contributed by atoms with Crippen molar-refractivity contribution in [3.05, 3.63) is 12.3 Å². The van der Waals surface area contributed by atoms with Crippen molar-refractivity contribution >= 4 is 11.8 Å².